The lowest BCUT2D eigenvalue weighted by Gasteiger charge is -2.10. The topological polar surface area (TPSA) is 64.6 Å². The summed E-state index contributed by atoms with van der Waals surface area (Å²) < 4.78 is 10.7. The van der Waals surface area contributed by atoms with E-state index < -0.39 is 5.97 Å². The zero-order valence-corrected chi connectivity index (χ0v) is 15.8. The lowest BCUT2D eigenvalue weighted by atomic mass is 10.1. The highest BCUT2D eigenvalue weighted by atomic mass is 16.5. The van der Waals surface area contributed by atoms with E-state index in [-0.39, 0.29) is 12.5 Å². The molecule has 0 unspecified atom stereocenters. The van der Waals surface area contributed by atoms with Crippen LogP contribution in [-0.2, 0) is 22.4 Å². The molecule has 0 saturated carbocycles. The van der Waals surface area contributed by atoms with Crippen LogP contribution in [0.5, 0.6) is 5.75 Å². The van der Waals surface area contributed by atoms with Gasteiger partial charge < -0.3 is 14.8 Å². The molecule has 0 aliphatic heterocycles. The molecule has 1 aliphatic carbocycles. The highest BCUT2D eigenvalue weighted by Gasteiger charge is 2.13. The Morgan fingerprint density at radius 3 is 2.52 bits per heavy atom. The summed E-state index contributed by atoms with van der Waals surface area (Å²) in [6.07, 6.45) is 3.30. The van der Waals surface area contributed by atoms with Gasteiger partial charge in [-0.15, -0.1) is 0 Å². The third-order valence-electron chi connectivity index (χ3n) is 4.39. The van der Waals surface area contributed by atoms with Crippen molar-refractivity contribution in [2.75, 3.05) is 18.5 Å². The van der Waals surface area contributed by atoms with Gasteiger partial charge in [-0.25, -0.2) is 4.79 Å². The molecule has 0 radical (unpaired) electrons. The van der Waals surface area contributed by atoms with E-state index in [0.29, 0.717) is 23.8 Å². The van der Waals surface area contributed by atoms with Crippen LogP contribution in [0.4, 0.5) is 5.69 Å². The zero-order chi connectivity index (χ0) is 19.2. The Kier molecular flexibility index (Phi) is 6.12. The molecule has 0 bridgehead atoms. The molecule has 2 aromatic carbocycles. The molecule has 0 heterocycles. The van der Waals surface area contributed by atoms with Crippen molar-refractivity contribution >= 4 is 17.6 Å². The fraction of sp³-hybridized carbons (Fsp3) is 0.364. The summed E-state index contributed by atoms with van der Waals surface area (Å²) in [7, 11) is 0. The quantitative estimate of drug-likeness (QED) is 0.751. The number of benzene rings is 2. The minimum atomic E-state index is -0.533. The fourth-order valence-electron chi connectivity index (χ4n) is 3.01. The Balaban J connectivity index is 1.47. The van der Waals surface area contributed by atoms with E-state index in [0.717, 1.165) is 24.9 Å². The molecule has 0 atom stereocenters. The van der Waals surface area contributed by atoms with Crippen LogP contribution in [0.1, 0.15) is 41.8 Å². The van der Waals surface area contributed by atoms with Crippen molar-refractivity contribution in [3.05, 3.63) is 59.2 Å². The Hall–Kier alpha value is -2.82. The number of anilines is 1. The van der Waals surface area contributed by atoms with Crippen LogP contribution in [0.15, 0.2) is 42.5 Å². The maximum atomic E-state index is 12.1. The minimum Gasteiger partial charge on any atom is -0.493 e. The van der Waals surface area contributed by atoms with Crippen LogP contribution in [0.25, 0.3) is 0 Å². The van der Waals surface area contributed by atoms with Gasteiger partial charge in [0.05, 0.1) is 12.2 Å². The van der Waals surface area contributed by atoms with Gasteiger partial charge in [0.15, 0.2) is 6.61 Å². The molecule has 3 rings (SSSR count). The number of hydrogen-bond donors (Lipinski definition) is 1. The number of fused-ring (bicyclic) bond motifs is 1. The van der Waals surface area contributed by atoms with Gasteiger partial charge in [0.25, 0.3) is 5.91 Å². The molecule has 0 aromatic heterocycles. The molecule has 1 aliphatic rings. The lowest BCUT2D eigenvalue weighted by Crippen LogP contribution is -2.21. The van der Waals surface area contributed by atoms with E-state index in [2.05, 4.69) is 19.2 Å². The molecular formula is C22H25NO4. The second-order valence-electron chi connectivity index (χ2n) is 7.19. The van der Waals surface area contributed by atoms with E-state index in [4.69, 9.17) is 9.47 Å². The van der Waals surface area contributed by atoms with Crippen molar-refractivity contribution in [2.24, 2.45) is 5.92 Å². The average Bonchev–Trinajstić information content (AvgIpc) is 3.12. The summed E-state index contributed by atoms with van der Waals surface area (Å²) in [5, 5.41) is 2.78. The zero-order valence-electron chi connectivity index (χ0n) is 15.8. The van der Waals surface area contributed by atoms with Crippen molar-refractivity contribution in [3.8, 4) is 5.75 Å². The van der Waals surface area contributed by atoms with Gasteiger partial charge in [0, 0.05) is 5.69 Å². The highest BCUT2D eigenvalue weighted by molar-refractivity contribution is 5.95. The van der Waals surface area contributed by atoms with Gasteiger partial charge in [0.1, 0.15) is 5.75 Å². The first-order chi connectivity index (χ1) is 13.0. The van der Waals surface area contributed by atoms with E-state index >= 15 is 0 Å². The maximum Gasteiger partial charge on any atom is 0.338 e. The number of rotatable bonds is 7. The Bertz CT molecular complexity index is 812. The van der Waals surface area contributed by atoms with Crippen molar-refractivity contribution in [2.45, 2.75) is 33.1 Å². The first-order valence-electron chi connectivity index (χ1n) is 9.33. The number of carbonyl (C=O) groups is 2. The molecular weight excluding hydrogens is 342 g/mol. The molecule has 142 valence electrons. The SMILES string of the molecule is CC(C)COc1ccc(C(=O)OCC(=O)Nc2ccc3c(c2)CCC3)cc1. The van der Waals surface area contributed by atoms with Gasteiger partial charge in [-0.3, -0.25) is 4.79 Å². The molecule has 1 N–H and O–H groups in total. The number of esters is 1. The number of hydrogen-bond acceptors (Lipinski definition) is 4. The van der Waals surface area contributed by atoms with Gasteiger partial charge in [0.2, 0.25) is 0 Å². The Morgan fingerprint density at radius 2 is 1.78 bits per heavy atom. The summed E-state index contributed by atoms with van der Waals surface area (Å²) in [4.78, 5) is 24.1. The highest BCUT2D eigenvalue weighted by Crippen LogP contribution is 2.24. The Labute approximate surface area is 159 Å². The first kappa shape index (κ1) is 19.0. The van der Waals surface area contributed by atoms with Crippen LogP contribution < -0.4 is 10.1 Å². The number of ether oxygens (including phenoxy) is 2. The van der Waals surface area contributed by atoms with Crippen LogP contribution in [-0.4, -0.2) is 25.1 Å². The van der Waals surface area contributed by atoms with Gasteiger partial charge >= 0.3 is 5.97 Å². The van der Waals surface area contributed by atoms with Crippen LogP contribution in [0.2, 0.25) is 0 Å². The van der Waals surface area contributed by atoms with E-state index in [1.54, 1.807) is 24.3 Å². The molecule has 27 heavy (non-hydrogen) atoms. The minimum absolute atomic E-state index is 0.318. The van der Waals surface area contributed by atoms with Crippen molar-refractivity contribution in [1.82, 2.24) is 0 Å². The summed E-state index contributed by atoms with van der Waals surface area (Å²) in [5.74, 6) is 0.251. The Morgan fingerprint density at radius 1 is 1.04 bits per heavy atom. The van der Waals surface area contributed by atoms with Gasteiger partial charge in [-0.1, -0.05) is 19.9 Å². The third kappa shape index (κ3) is 5.33. The van der Waals surface area contributed by atoms with Crippen LogP contribution in [0, 0.1) is 5.92 Å². The molecule has 0 saturated heterocycles. The van der Waals surface area contributed by atoms with Crippen LogP contribution in [0.3, 0.4) is 0 Å². The number of carbonyl (C=O) groups excluding carboxylic acids is 2. The second kappa shape index (κ2) is 8.71. The van der Waals surface area contributed by atoms with Gasteiger partial charge in [-0.05, 0) is 72.7 Å². The monoisotopic (exact) mass is 367 g/mol. The van der Waals surface area contributed by atoms with Crippen molar-refractivity contribution in [1.29, 1.82) is 0 Å². The predicted octanol–water partition coefficient (Wildman–Crippen LogP) is 4.01. The molecule has 0 fully saturated rings. The average molecular weight is 367 g/mol. The van der Waals surface area contributed by atoms with Crippen molar-refractivity contribution < 1.29 is 19.1 Å². The summed E-state index contributed by atoms with van der Waals surface area (Å²) in [5.41, 5.74) is 3.75. The summed E-state index contributed by atoms with van der Waals surface area (Å²) in [6.45, 7) is 4.44. The number of amides is 1. The van der Waals surface area contributed by atoms with E-state index in [1.807, 2.05) is 18.2 Å². The van der Waals surface area contributed by atoms with Crippen molar-refractivity contribution in [3.63, 3.8) is 0 Å². The molecule has 5 heteroatoms. The predicted molar refractivity (Wildman–Crippen MR) is 104 cm³/mol. The third-order valence-corrected chi connectivity index (χ3v) is 4.39. The standard InChI is InChI=1S/C22H25NO4/c1-15(2)13-26-20-10-7-17(8-11-20)22(25)27-14-21(24)23-19-9-6-16-4-3-5-18(16)12-19/h6-12,15H,3-5,13-14H2,1-2H3,(H,23,24). The smallest absolute Gasteiger partial charge is 0.338 e. The van der Waals surface area contributed by atoms with Gasteiger partial charge in [-0.2, -0.15) is 0 Å². The number of aryl methyl sites for hydroxylation is 2. The summed E-state index contributed by atoms with van der Waals surface area (Å²) in [6, 6.07) is 12.7. The largest absolute Gasteiger partial charge is 0.493 e. The van der Waals surface area contributed by atoms with Crippen LogP contribution >= 0.6 is 0 Å². The summed E-state index contributed by atoms with van der Waals surface area (Å²) >= 11 is 0. The lowest BCUT2D eigenvalue weighted by molar-refractivity contribution is -0.119. The van der Waals surface area contributed by atoms with E-state index in [9.17, 15) is 9.59 Å². The second-order valence-corrected chi connectivity index (χ2v) is 7.19. The van der Waals surface area contributed by atoms with E-state index in [1.165, 1.54) is 11.1 Å². The molecule has 0 spiro atoms. The fourth-order valence-corrected chi connectivity index (χ4v) is 3.01. The maximum absolute atomic E-state index is 12.1. The molecule has 5 nitrogen and oxygen atoms in total. The normalized spacial score (nSPS) is 12.6. The molecule has 1 amide bonds. The first-order valence-corrected chi connectivity index (χ1v) is 9.33. The molecule has 2 aromatic rings. The number of nitrogens with one attached hydrogen (secondary N) is 1.